The van der Waals surface area contributed by atoms with Crippen LogP contribution in [-0.4, -0.2) is 27.5 Å². The van der Waals surface area contributed by atoms with Gasteiger partial charge in [-0.2, -0.15) is 0 Å². The predicted octanol–water partition coefficient (Wildman–Crippen LogP) is 2.84. The van der Waals surface area contributed by atoms with E-state index in [4.69, 9.17) is 9.16 Å². The van der Waals surface area contributed by atoms with Crippen molar-refractivity contribution in [2.24, 2.45) is 0 Å². The van der Waals surface area contributed by atoms with Gasteiger partial charge >= 0.3 is 5.97 Å². The zero-order valence-electron chi connectivity index (χ0n) is 11.5. The first kappa shape index (κ1) is 14.6. The highest BCUT2D eigenvalue weighted by Crippen LogP contribution is 2.21. The molecule has 0 amide bonds. The van der Waals surface area contributed by atoms with Gasteiger partial charge in [0.25, 0.3) is 0 Å². The summed E-state index contributed by atoms with van der Waals surface area (Å²) in [5.41, 5.74) is 0. The molecule has 1 aromatic rings. The Bertz CT molecular complexity index is 394. The maximum atomic E-state index is 11.2. The number of esters is 1. The molecule has 4 nitrogen and oxygen atoms in total. The van der Waals surface area contributed by atoms with Gasteiger partial charge in [-0.1, -0.05) is 0 Å². The summed E-state index contributed by atoms with van der Waals surface area (Å²) in [6.45, 7) is 8.02. The third kappa shape index (κ3) is 4.79. The number of benzene rings is 1. The highest BCUT2D eigenvalue weighted by atomic mass is 28.4. The van der Waals surface area contributed by atoms with Crippen molar-refractivity contribution < 1.29 is 18.7 Å². The smallest absolute Gasteiger partial charge is 0.346 e. The molecule has 1 atom stereocenters. The van der Waals surface area contributed by atoms with Gasteiger partial charge in [0.2, 0.25) is 8.32 Å². The number of hydrogen-bond donors (Lipinski definition) is 0. The monoisotopic (exact) mass is 268 g/mol. The van der Waals surface area contributed by atoms with Gasteiger partial charge in [0.1, 0.15) is 11.5 Å². The summed E-state index contributed by atoms with van der Waals surface area (Å²) in [6, 6.07) is 7.26. The van der Waals surface area contributed by atoms with E-state index in [-0.39, 0.29) is 0 Å². The van der Waals surface area contributed by atoms with Crippen LogP contribution in [-0.2, 0) is 9.53 Å². The van der Waals surface area contributed by atoms with Crippen LogP contribution < -0.4 is 9.16 Å². The fourth-order valence-electron chi connectivity index (χ4n) is 1.36. The van der Waals surface area contributed by atoms with Crippen molar-refractivity contribution in [1.29, 1.82) is 0 Å². The predicted molar refractivity (Wildman–Crippen MR) is 72.5 cm³/mol. The van der Waals surface area contributed by atoms with E-state index in [0.29, 0.717) is 5.75 Å². The Morgan fingerprint density at radius 3 is 2.06 bits per heavy atom. The van der Waals surface area contributed by atoms with E-state index in [1.807, 2.05) is 12.1 Å². The highest BCUT2D eigenvalue weighted by Gasteiger charge is 2.17. The van der Waals surface area contributed by atoms with Crippen molar-refractivity contribution in [3.63, 3.8) is 0 Å². The van der Waals surface area contributed by atoms with Gasteiger partial charge in [0, 0.05) is 0 Å². The number of ether oxygens (including phenoxy) is 2. The molecule has 0 aromatic heterocycles. The van der Waals surface area contributed by atoms with Crippen LogP contribution in [0.1, 0.15) is 6.92 Å². The standard InChI is InChI=1S/C13H20O4Si/c1-10(13(14)15-2)16-11-6-8-12(9-7-11)17-18(3,4)5/h6-10H,1-5H3/t10-/m1/s1. The summed E-state index contributed by atoms with van der Waals surface area (Å²) in [7, 11) is -0.246. The van der Waals surface area contributed by atoms with Crippen LogP contribution in [0.5, 0.6) is 11.5 Å². The molecule has 0 saturated carbocycles. The first-order valence-electron chi connectivity index (χ1n) is 5.85. The second kappa shape index (κ2) is 5.91. The molecule has 100 valence electrons. The molecule has 0 heterocycles. The molecule has 0 N–H and O–H groups in total. The van der Waals surface area contributed by atoms with Crippen LogP contribution in [0.3, 0.4) is 0 Å². The Morgan fingerprint density at radius 1 is 1.11 bits per heavy atom. The lowest BCUT2D eigenvalue weighted by atomic mass is 10.3. The van der Waals surface area contributed by atoms with E-state index < -0.39 is 20.4 Å². The third-order valence-electron chi connectivity index (χ3n) is 2.09. The molecule has 0 aliphatic carbocycles. The fourth-order valence-corrected chi connectivity index (χ4v) is 2.20. The number of hydrogen-bond acceptors (Lipinski definition) is 4. The average molecular weight is 268 g/mol. The Kier molecular flexibility index (Phi) is 4.78. The lowest BCUT2D eigenvalue weighted by Gasteiger charge is -2.19. The molecule has 18 heavy (non-hydrogen) atoms. The average Bonchev–Trinajstić information content (AvgIpc) is 2.28. The summed E-state index contributed by atoms with van der Waals surface area (Å²) in [5, 5.41) is 0. The quantitative estimate of drug-likeness (QED) is 0.608. The lowest BCUT2D eigenvalue weighted by Crippen LogP contribution is -2.29. The molecule has 0 bridgehead atoms. The van der Waals surface area contributed by atoms with Crippen molar-refractivity contribution in [3.05, 3.63) is 24.3 Å². The van der Waals surface area contributed by atoms with E-state index >= 15 is 0 Å². The first-order chi connectivity index (χ1) is 8.31. The van der Waals surface area contributed by atoms with Gasteiger partial charge in [-0.15, -0.1) is 0 Å². The van der Waals surface area contributed by atoms with Crippen molar-refractivity contribution in [2.45, 2.75) is 32.7 Å². The minimum atomic E-state index is -1.59. The van der Waals surface area contributed by atoms with Gasteiger partial charge in [0.05, 0.1) is 7.11 Å². The summed E-state index contributed by atoms with van der Waals surface area (Å²) < 4.78 is 15.8. The van der Waals surface area contributed by atoms with Crippen molar-refractivity contribution in [1.82, 2.24) is 0 Å². The minimum Gasteiger partial charge on any atom is -0.544 e. The molecule has 0 spiro atoms. The van der Waals surface area contributed by atoms with Crippen LogP contribution in [0.4, 0.5) is 0 Å². The molecule has 0 radical (unpaired) electrons. The number of carbonyl (C=O) groups excluding carboxylic acids is 1. The van der Waals surface area contributed by atoms with Crippen molar-refractivity contribution >= 4 is 14.3 Å². The molecule has 0 saturated heterocycles. The zero-order valence-corrected chi connectivity index (χ0v) is 12.5. The molecule has 1 aromatic carbocycles. The molecule has 5 heteroatoms. The van der Waals surface area contributed by atoms with Crippen molar-refractivity contribution in [2.75, 3.05) is 7.11 Å². The van der Waals surface area contributed by atoms with Gasteiger partial charge < -0.3 is 13.9 Å². The summed E-state index contributed by atoms with van der Waals surface area (Å²) in [6.07, 6.45) is -0.612. The van der Waals surface area contributed by atoms with E-state index in [1.165, 1.54) is 7.11 Å². The molecule has 0 unspecified atom stereocenters. The van der Waals surface area contributed by atoms with E-state index in [0.717, 1.165) is 5.75 Å². The van der Waals surface area contributed by atoms with Crippen LogP contribution in [0.2, 0.25) is 19.6 Å². The summed E-state index contributed by atoms with van der Waals surface area (Å²) >= 11 is 0. The largest absolute Gasteiger partial charge is 0.544 e. The normalized spacial score (nSPS) is 12.7. The fraction of sp³-hybridized carbons (Fsp3) is 0.462. The van der Waals surface area contributed by atoms with Crippen molar-refractivity contribution in [3.8, 4) is 11.5 Å². The number of rotatable bonds is 5. The van der Waals surface area contributed by atoms with Gasteiger partial charge in [-0.05, 0) is 50.8 Å². The van der Waals surface area contributed by atoms with Crippen LogP contribution in [0, 0.1) is 0 Å². The van der Waals surface area contributed by atoms with Crippen LogP contribution in [0.15, 0.2) is 24.3 Å². The van der Waals surface area contributed by atoms with E-state index in [9.17, 15) is 4.79 Å². The third-order valence-corrected chi connectivity index (χ3v) is 2.94. The van der Waals surface area contributed by atoms with E-state index in [1.54, 1.807) is 19.1 Å². The highest BCUT2D eigenvalue weighted by molar-refractivity contribution is 6.70. The Hall–Kier alpha value is -1.49. The number of carbonyl (C=O) groups is 1. The number of methoxy groups -OCH3 is 1. The molecule has 0 aliphatic rings. The summed E-state index contributed by atoms with van der Waals surface area (Å²) in [4.78, 5) is 11.2. The topological polar surface area (TPSA) is 44.8 Å². The molecular formula is C13H20O4Si. The van der Waals surface area contributed by atoms with Crippen LogP contribution >= 0.6 is 0 Å². The molecule has 0 fully saturated rings. The Balaban J connectivity index is 2.63. The first-order valence-corrected chi connectivity index (χ1v) is 9.26. The zero-order chi connectivity index (χ0) is 13.8. The SMILES string of the molecule is COC(=O)[C@@H](C)Oc1ccc(O[Si](C)(C)C)cc1. The second-order valence-electron chi connectivity index (χ2n) is 4.97. The second-order valence-corrected chi connectivity index (χ2v) is 9.40. The Labute approximate surface area is 109 Å². The maximum Gasteiger partial charge on any atom is 0.346 e. The lowest BCUT2D eigenvalue weighted by molar-refractivity contribution is -0.147. The molecule has 0 aliphatic heterocycles. The summed E-state index contributed by atoms with van der Waals surface area (Å²) in [5.74, 6) is 1.06. The Morgan fingerprint density at radius 2 is 1.61 bits per heavy atom. The van der Waals surface area contributed by atoms with E-state index in [2.05, 4.69) is 24.4 Å². The molecular weight excluding hydrogens is 248 g/mol. The van der Waals surface area contributed by atoms with Gasteiger partial charge in [0.15, 0.2) is 6.10 Å². The molecule has 1 rings (SSSR count). The maximum absolute atomic E-state index is 11.2. The van der Waals surface area contributed by atoms with Gasteiger partial charge in [-0.3, -0.25) is 0 Å². The van der Waals surface area contributed by atoms with Crippen LogP contribution in [0.25, 0.3) is 0 Å². The van der Waals surface area contributed by atoms with Gasteiger partial charge in [-0.25, -0.2) is 4.79 Å². The minimum absolute atomic E-state index is 0.391.